The van der Waals surface area contributed by atoms with E-state index in [1.807, 2.05) is 6.07 Å². The Morgan fingerprint density at radius 2 is 2.16 bits per heavy atom. The molecular weight excluding hydrogens is 258 g/mol. The second-order valence-corrected chi connectivity index (χ2v) is 6.84. The van der Waals surface area contributed by atoms with Gasteiger partial charge in [-0.2, -0.15) is 0 Å². The molecule has 0 bridgehead atoms. The van der Waals surface area contributed by atoms with E-state index in [0.717, 1.165) is 30.9 Å². The molecule has 3 rings (SSSR count). The molecule has 2 unspecified atom stereocenters. The summed E-state index contributed by atoms with van der Waals surface area (Å²) in [5.41, 5.74) is 2.86. The number of hydrogen-bond donors (Lipinski definition) is 1. The highest BCUT2D eigenvalue weighted by Crippen LogP contribution is 2.34. The SMILES string of the molecule is CC1(C)CC(NC2CCc3cc(Cl)ccc32)CCO1. The second-order valence-electron chi connectivity index (χ2n) is 6.40. The zero-order valence-corrected chi connectivity index (χ0v) is 12.5. The van der Waals surface area contributed by atoms with Gasteiger partial charge in [0, 0.05) is 23.7 Å². The second kappa shape index (κ2) is 5.08. The van der Waals surface area contributed by atoms with Crippen molar-refractivity contribution in [2.75, 3.05) is 6.61 Å². The van der Waals surface area contributed by atoms with E-state index in [-0.39, 0.29) is 5.60 Å². The van der Waals surface area contributed by atoms with Gasteiger partial charge in [0.05, 0.1) is 5.60 Å². The molecule has 1 aliphatic heterocycles. The summed E-state index contributed by atoms with van der Waals surface area (Å²) in [7, 11) is 0. The fraction of sp³-hybridized carbons (Fsp3) is 0.625. The molecule has 1 fully saturated rings. The van der Waals surface area contributed by atoms with Gasteiger partial charge in [-0.25, -0.2) is 0 Å². The third-order valence-corrected chi connectivity index (χ3v) is 4.55. The summed E-state index contributed by atoms with van der Waals surface area (Å²) in [6, 6.07) is 7.37. The maximum absolute atomic E-state index is 6.06. The fourth-order valence-corrected chi connectivity index (χ4v) is 3.61. The quantitative estimate of drug-likeness (QED) is 0.887. The number of rotatable bonds is 2. The summed E-state index contributed by atoms with van der Waals surface area (Å²) in [4.78, 5) is 0. The van der Waals surface area contributed by atoms with E-state index in [1.165, 1.54) is 17.5 Å². The highest BCUT2D eigenvalue weighted by atomic mass is 35.5. The van der Waals surface area contributed by atoms with E-state index in [1.54, 1.807) is 0 Å². The molecule has 0 spiro atoms. The van der Waals surface area contributed by atoms with Crippen LogP contribution in [0.4, 0.5) is 0 Å². The lowest BCUT2D eigenvalue weighted by atomic mass is 9.93. The molecule has 2 atom stereocenters. The Balaban J connectivity index is 1.69. The molecule has 19 heavy (non-hydrogen) atoms. The average molecular weight is 280 g/mol. The van der Waals surface area contributed by atoms with Gasteiger partial charge in [0.1, 0.15) is 0 Å². The van der Waals surface area contributed by atoms with Crippen LogP contribution < -0.4 is 5.32 Å². The Labute approximate surface area is 120 Å². The van der Waals surface area contributed by atoms with Gasteiger partial charge >= 0.3 is 0 Å². The Kier molecular flexibility index (Phi) is 3.59. The number of halogens is 1. The minimum atomic E-state index is 0.0113. The van der Waals surface area contributed by atoms with Gasteiger partial charge in [-0.1, -0.05) is 17.7 Å². The third-order valence-electron chi connectivity index (χ3n) is 4.32. The van der Waals surface area contributed by atoms with Crippen LogP contribution in [0.2, 0.25) is 5.02 Å². The normalized spacial score (nSPS) is 29.2. The molecule has 3 heteroatoms. The standard InChI is InChI=1S/C16H22ClNO/c1-16(2)10-13(7-8-19-16)18-15-6-3-11-9-12(17)4-5-14(11)15/h4-5,9,13,15,18H,3,6-8,10H2,1-2H3. The minimum Gasteiger partial charge on any atom is -0.375 e. The molecule has 0 aromatic heterocycles. The smallest absolute Gasteiger partial charge is 0.0641 e. The molecule has 2 aliphatic rings. The summed E-state index contributed by atoms with van der Waals surface area (Å²) in [5.74, 6) is 0. The maximum Gasteiger partial charge on any atom is 0.0641 e. The highest BCUT2D eigenvalue weighted by molar-refractivity contribution is 6.30. The van der Waals surface area contributed by atoms with Crippen LogP contribution in [-0.4, -0.2) is 18.2 Å². The first-order valence-electron chi connectivity index (χ1n) is 7.22. The zero-order chi connectivity index (χ0) is 13.5. The summed E-state index contributed by atoms with van der Waals surface area (Å²) in [5, 5.41) is 4.68. The predicted octanol–water partition coefficient (Wildman–Crippen LogP) is 3.87. The lowest BCUT2D eigenvalue weighted by Gasteiger charge is -2.37. The largest absolute Gasteiger partial charge is 0.375 e. The Morgan fingerprint density at radius 1 is 1.32 bits per heavy atom. The van der Waals surface area contributed by atoms with Crippen molar-refractivity contribution in [3.05, 3.63) is 34.3 Å². The lowest BCUT2D eigenvalue weighted by Crippen LogP contribution is -2.44. The van der Waals surface area contributed by atoms with E-state index in [0.29, 0.717) is 12.1 Å². The van der Waals surface area contributed by atoms with Crippen molar-refractivity contribution in [2.24, 2.45) is 0 Å². The van der Waals surface area contributed by atoms with E-state index in [2.05, 4.69) is 31.3 Å². The number of fused-ring (bicyclic) bond motifs is 1. The Morgan fingerprint density at radius 3 is 2.95 bits per heavy atom. The number of benzene rings is 1. The number of hydrogen-bond acceptors (Lipinski definition) is 2. The summed E-state index contributed by atoms with van der Waals surface area (Å²) in [6.07, 6.45) is 4.53. The molecule has 0 amide bonds. The van der Waals surface area contributed by atoms with Crippen molar-refractivity contribution in [1.82, 2.24) is 5.32 Å². The van der Waals surface area contributed by atoms with Crippen molar-refractivity contribution >= 4 is 11.6 Å². The van der Waals surface area contributed by atoms with Gasteiger partial charge in [0.25, 0.3) is 0 Å². The number of ether oxygens (including phenoxy) is 1. The topological polar surface area (TPSA) is 21.3 Å². The van der Waals surface area contributed by atoms with Crippen LogP contribution >= 0.6 is 11.6 Å². The molecule has 1 N–H and O–H groups in total. The van der Waals surface area contributed by atoms with E-state index in [4.69, 9.17) is 16.3 Å². The maximum atomic E-state index is 6.06. The number of nitrogens with one attached hydrogen (secondary N) is 1. The van der Waals surface area contributed by atoms with E-state index in [9.17, 15) is 0 Å². The minimum absolute atomic E-state index is 0.0113. The molecular formula is C16H22ClNO. The van der Waals surface area contributed by atoms with Crippen molar-refractivity contribution in [2.45, 2.75) is 57.2 Å². The molecule has 2 nitrogen and oxygen atoms in total. The van der Waals surface area contributed by atoms with Crippen LogP contribution in [0.15, 0.2) is 18.2 Å². The van der Waals surface area contributed by atoms with Gasteiger partial charge in [-0.3, -0.25) is 0 Å². The van der Waals surface area contributed by atoms with Crippen molar-refractivity contribution in [1.29, 1.82) is 0 Å². The first-order chi connectivity index (χ1) is 9.03. The molecule has 0 saturated carbocycles. The average Bonchev–Trinajstić information content (AvgIpc) is 2.70. The van der Waals surface area contributed by atoms with Gasteiger partial charge < -0.3 is 10.1 Å². The molecule has 0 radical (unpaired) electrons. The van der Waals surface area contributed by atoms with Crippen LogP contribution in [0, 0.1) is 0 Å². The fourth-order valence-electron chi connectivity index (χ4n) is 3.42. The van der Waals surface area contributed by atoms with Crippen LogP contribution in [0.1, 0.15) is 50.3 Å². The van der Waals surface area contributed by atoms with Crippen LogP contribution in [0.3, 0.4) is 0 Å². The summed E-state index contributed by atoms with van der Waals surface area (Å²) in [6.45, 7) is 5.23. The predicted molar refractivity (Wildman–Crippen MR) is 78.7 cm³/mol. The molecule has 1 aromatic carbocycles. The first kappa shape index (κ1) is 13.4. The molecule has 1 saturated heterocycles. The lowest BCUT2D eigenvalue weighted by molar-refractivity contribution is -0.0642. The summed E-state index contributed by atoms with van der Waals surface area (Å²) >= 11 is 6.06. The van der Waals surface area contributed by atoms with Crippen LogP contribution in [-0.2, 0) is 11.2 Å². The molecule has 1 aromatic rings. The van der Waals surface area contributed by atoms with Crippen LogP contribution in [0.25, 0.3) is 0 Å². The van der Waals surface area contributed by atoms with Crippen molar-refractivity contribution in [3.63, 3.8) is 0 Å². The molecule has 1 heterocycles. The Hall–Kier alpha value is -0.570. The van der Waals surface area contributed by atoms with Crippen molar-refractivity contribution in [3.8, 4) is 0 Å². The van der Waals surface area contributed by atoms with E-state index >= 15 is 0 Å². The van der Waals surface area contributed by atoms with E-state index < -0.39 is 0 Å². The molecule has 104 valence electrons. The first-order valence-corrected chi connectivity index (χ1v) is 7.60. The van der Waals surface area contributed by atoms with Gasteiger partial charge in [0.2, 0.25) is 0 Å². The van der Waals surface area contributed by atoms with Crippen molar-refractivity contribution < 1.29 is 4.74 Å². The van der Waals surface area contributed by atoms with Gasteiger partial charge in [0.15, 0.2) is 0 Å². The molecule has 1 aliphatic carbocycles. The highest BCUT2D eigenvalue weighted by Gasteiger charge is 2.31. The third kappa shape index (κ3) is 2.96. The Bertz CT molecular complexity index is 472. The van der Waals surface area contributed by atoms with Gasteiger partial charge in [-0.05, 0) is 62.8 Å². The number of aryl methyl sites for hydroxylation is 1. The van der Waals surface area contributed by atoms with Gasteiger partial charge in [-0.15, -0.1) is 0 Å². The monoisotopic (exact) mass is 279 g/mol. The van der Waals surface area contributed by atoms with Crippen LogP contribution in [0.5, 0.6) is 0 Å². The zero-order valence-electron chi connectivity index (χ0n) is 11.7. The summed E-state index contributed by atoms with van der Waals surface area (Å²) < 4.78 is 5.79.